The van der Waals surface area contributed by atoms with Crippen LogP contribution in [0.15, 0.2) is 0 Å². The average molecular weight is 226 g/mol. The smallest absolute Gasteiger partial charge is 0.225 e. The maximum Gasteiger partial charge on any atom is 0.225 e. The van der Waals surface area contributed by atoms with E-state index in [9.17, 15) is 4.79 Å². The van der Waals surface area contributed by atoms with E-state index in [0.29, 0.717) is 17.9 Å². The quantitative estimate of drug-likeness (QED) is 0.776. The van der Waals surface area contributed by atoms with Gasteiger partial charge in [-0.05, 0) is 25.3 Å². The molecule has 0 radical (unpaired) electrons. The van der Waals surface area contributed by atoms with Crippen LogP contribution in [0, 0.1) is 11.8 Å². The number of hydrogen-bond donors (Lipinski definition) is 1. The minimum absolute atomic E-state index is 0.225. The van der Waals surface area contributed by atoms with Crippen LogP contribution in [0.3, 0.4) is 0 Å². The summed E-state index contributed by atoms with van der Waals surface area (Å²) in [4.78, 5) is 14.0. The molecule has 16 heavy (non-hydrogen) atoms. The minimum atomic E-state index is 0.225. The highest BCUT2D eigenvalue weighted by Gasteiger charge is 2.27. The molecule has 0 aliphatic carbocycles. The van der Waals surface area contributed by atoms with Gasteiger partial charge in [0.15, 0.2) is 0 Å². The van der Waals surface area contributed by atoms with Gasteiger partial charge in [0.2, 0.25) is 5.91 Å². The lowest BCUT2D eigenvalue weighted by atomic mass is 9.97. The summed E-state index contributed by atoms with van der Waals surface area (Å²) in [6.45, 7) is 11.4. The van der Waals surface area contributed by atoms with Crippen molar-refractivity contribution in [1.82, 2.24) is 10.2 Å². The summed E-state index contributed by atoms with van der Waals surface area (Å²) in [6, 6.07) is 0.430. The number of amides is 1. The summed E-state index contributed by atoms with van der Waals surface area (Å²) in [6.07, 6.45) is 2.22. The third-order valence-corrected chi connectivity index (χ3v) is 3.49. The number of carbonyl (C=O) groups excluding carboxylic acids is 1. The van der Waals surface area contributed by atoms with E-state index in [-0.39, 0.29) is 5.92 Å². The van der Waals surface area contributed by atoms with Crippen LogP contribution < -0.4 is 5.32 Å². The molecule has 2 unspecified atom stereocenters. The van der Waals surface area contributed by atoms with Gasteiger partial charge in [0.25, 0.3) is 0 Å². The number of piperidine rings is 1. The van der Waals surface area contributed by atoms with Gasteiger partial charge in [-0.3, -0.25) is 4.79 Å². The largest absolute Gasteiger partial charge is 0.341 e. The summed E-state index contributed by atoms with van der Waals surface area (Å²) >= 11 is 0. The molecule has 1 saturated heterocycles. The lowest BCUT2D eigenvalue weighted by molar-refractivity contribution is -0.138. The summed E-state index contributed by atoms with van der Waals surface area (Å²) in [7, 11) is 0. The zero-order valence-electron chi connectivity index (χ0n) is 11.1. The van der Waals surface area contributed by atoms with Crippen molar-refractivity contribution in [3.8, 4) is 0 Å². The predicted octanol–water partition coefficient (Wildman–Crippen LogP) is 1.88. The van der Waals surface area contributed by atoms with Crippen LogP contribution in [0.4, 0.5) is 0 Å². The van der Waals surface area contributed by atoms with Crippen molar-refractivity contribution in [2.45, 2.75) is 46.6 Å². The molecule has 1 fully saturated rings. The highest BCUT2D eigenvalue weighted by Crippen LogP contribution is 2.18. The third-order valence-electron chi connectivity index (χ3n) is 3.49. The summed E-state index contributed by atoms with van der Waals surface area (Å²) in [5.41, 5.74) is 0. The van der Waals surface area contributed by atoms with E-state index in [1.807, 2.05) is 11.8 Å². The van der Waals surface area contributed by atoms with E-state index in [1.54, 1.807) is 0 Å². The Labute approximate surface area is 99.6 Å². The number of carbonyl (C=O) groups is 1. The van der Waals surface area contributed by atoms with Gasteiger partial charge in [-0.1, -0.05) is 27.7 Å². The summed E-state index contributed by atoms with van der Waals surface area (Å²) in [5, 5.41) is 3.47. The molecule has 3 nitrogen and oxygen atoms in total. The highest BCUT2D eigenvalue weighted by atomic mass is 16.2. The van der Waals surface area contributed by atoms with E-state index in [4.69, 9.17) is 0 Å². The van der Waals surface area contributed by atoms with Gasteiger partial charge in [0.1, 0.15) is 0 Å². The fourth-order valence-corrected chi connectivity index (χ4v) is 2.33. The van der Waals surface area contributed by atoms with Crippen molar-refractivity contribution in [2.75, 3.05) is 19.6 Å². The van der Waals surface area contributed by atoms with E-state index in [0.717, 1.165) is 32.5 Å². The fraction of sp³-hybridized carbons (Fsp3) is 0.923. The van der Waals surface area contributed by atoms with Crippen LogP contribution in [0.1, 0.15) is 40.5 Å². The Morgan fingerprint density at radius 2 is 2.19 bits per heavy atom. The molecule has 94 valence electrons. The fourth-order valence-electron chi connectivity index (χ4n) is 2.33. The second-order valence-corrected chi connectivity index (χ2v) is 5.24. The molecular weight excluding hydrogens is 200 g/mol. The molecule has 0 aromatic carbocycles. The zero-order chi connectivity index (χ0) is 12.1. The monoisotopic (exact) mass is 226 g/mol. The first-order valence-electron chi connectivity index (χ1n) is 6.58. The van der Waals surface area contributed by atoms with E-state index in [2.05, 4.69) is 26.1 Å². The summed E-state index contributed by atoms with van der Waals surface area (Å²) < 4.78 is 0. The van der Waals surface area contributed by atoms with Crippen molar-refractivity contribution < 1.29 is 4.79 Å². The maximum absolute atomic E-state index is 12.0. The SMILES string of the molecule is CCNC(CN1CCCC(C)C1=O)C(C)C. The van der Waals surface area contributed by atoms with E-state index in [1.165, 1.54) is 0 Å². The van der Waals surface area contributed by atoms with Gasteiger partial charge >= 0.3 is 0 Å². The Morgan fingerprint density at radius 1 is 1.50 bits per heavy atom. The second-order valence-electron chi connectivity index (χ2n) is 5.24. The molecule has 1 amide bonds. The van der Waals surface area contributed by atoms with Gasteiger partial charge in [0, 0.05) is 25.0 Å². The summed E-state index contributed by atoms with van der Waals surface area (Å²) in [5.74, 6) is 1.14. The van der Waals surface area contributed by atoms with Gasteiger partial charge in [0.05, 0.1) is 0 Å². The number of rotatable bonds is 5. The number of hydrogen-bond acceptors (Lipinski definition) is 2. The average Bonchev–Trinajstić information content (AvgIpc) is 2.23. The van der Waals surface area contributed by atoms with Gasteiger partial charge in [-0.15, -0.1) is 0 Å². The molecule has 1 aliphatic rings. The van der Waals surface area contributed by atoms with Crippen LogP contribution in [-0.4, -0.2) is 36.5 Å². The molecule has 0 aromatic heterocycles. The van der Waals surface area contributed by atoms with Crippen molar-refractivity contribution >= 4 is 5.91 Å². The van der Waals surface area contributed by atoms with Gasteiger partial charge in [-0.25, -0.2) is 0 Å². The van der Waals surface area contributed by atoms with E-state index >= 15 is 0 Å². The Morgan fingerprint density at radius 3 is 2.75 bits per heavy atom. The second kappa shape index (κ2) is 6.24. The standard InChI is InChI=1S/C13H26N2O/c1-5-14-12(10(2)3)9-15-8-6-7-11(4)13(15)16/h10-12,14H,5-9H2,1-4H3. The van der Waals surface area contributed by atoms with Gasteiger partial charge < -0.3 is 10.2 Å². The first kappa shape index (κ1) is 13.5. The number of nitrogens with zero attached hydrogens (tertiary/aromatic N) is 1. The Kier molecular flexibility index (Phi) is 5.26. The van der Waals surface area contributed by atoms with Crippen molar-refractivity contribution in [1.29, 1.82) is 0 Å². The molecule has 1 aliphatic heterocycles. The van der Waals surface area contributed by atoms with E-state index < -0.39 is 0 Å². The molecule has 3 heteroatoms. The Balaban J connectivity index is 2.52. The molecule has 0 saturated carbocycles. The van der Waals surface area contributed by atoms with Crippen molar-refractivity contribution in [2.24, 2.45) is 11.8 Å². The zero-order valence-corrected chi connectivity index (χ0v) is 11.1. The van der Waals surface area contributed by atoms with Crippen LogP contribution in [0.5, 0.6) is 0 Å². The maximum atomic E-state index is 12.0. The van der Waals surface area contributed by atoms with Crippen LogP contribution >= 0.6 is 0 Å². The van der Waals surface area contributed by atoms with Crippen LogP contribution in [0.2, 0.25) is 0 Å². The first-order valence-corrected chi connectivity index (χ1v) is 6.58. The number of nitrogens with one attached hydrogen (secondary N) is 1. The molecular formula is C13H26N2O. The molecule has 0 spiro atoms. The molecule has 1 heterocycles. The van der Waals surface area contributed by atoms with Crippen LogP contribution in [-0.2, 0) is 4.79 Å². The lowest BCUT2D eigenvalue weighted by Crippen LogP contribution is -2.49. The molecule has 0 bridgehead atoms. The number of likely N-dealkylation sites (tertiary alicyclic amines) is 1. The minimum Gasteiger partial charge on any atom is -0.341 e. The highest BCUT2D eigenvalue weighted by molar-refractivity contribution is 5.79. The molecule has 0 aromatic rings. The molecule has 1 rings (SSSR count). The Hall–Kier alpha value is -0.570. The van der Waals surface area contributed by atoms with Crippen molar-refractivity contribution in [3.05, 3.63) is 0 Å². The molecule has 2 atom stereocenters. The van der Waals surface area contributed by atoms with Gasteiger partial charge in [-0.2, -0.15) is 0 Å². The predicted molar refractivity (Wildman–Crippen MR) is 67.3 cm³/mol. The Bertz CT molecular complexity index is 228. The van der Waals surface area contributed by atoms with Crippen LogP contribution in [0.25, 0.3) is 0 Å². The number of likely N-dealkylation sites (N-methyl/N-ethyl adjacent to an activating group) is 1. The third kappa shape index (κ3) is 3.48. The molecule has 1 N–H and O–H groups in total. The topological polar surface area (TPSA) is 32.3 Å². The first-order chi connectivity index (χ1) is 7.56. The lowest BCUT2D eigenvalue weighted by Gasteiger charge is -2.35. The van der Waals surface area contributed by atoms with Crippen molar-refractivity contribution in [3.63, 3.8) is 0 Å². The normalized spacial score (nSPS) is 23.9.